The minimum Gasteiger partial charge on any atom is -0.313 e. The number of hydrogen-bond acceptors (Lipinski definition) is 2. The first kappa shape index (κ1) is 15.5. The lowest BCUT2D eigenvalue weighted by Gasteiger charge is -2.28. The van der Waals surface area contributed by atoms with E-state index in [-0.39, 0.29) is 0 Å². The van der Waals surface area contributed by atoms with Crippen LogP contribution in [0.5, 0.6) is 0 Å². The van der Waals surface area contributed by atoms with E-state index in [1.54, 1.807) is 0 Å². The second kappa shape index (κ2) is 7.80. The van der Waals surface area contributed by atoms with E-state index in [4.69, 9.17) is 0 Å². The van der Waals surface area contributed by atoms with Crippen molar-refractivity contribution in [3.63, 3.8) is 0 Å². The van der Waals surface area contributed by atoms with Crippen LogP contribution in [0, 0.1) is 5.92 Å². The van der Waals surface area contributed by atoms with Crippen LogP contribution < -0.4 is 5.32 Å². The van der Waals surface area contributed by atoms with Gasteiger partial charge in [0.2, 0.25) is 0 Å². The number of rotatable bonds is 5. The first-order chi connectivity index (χ1) is 9.65. The zero-order valence-electron chi connectivity index (χ0n) is 13.3. The standard InChI is InChI=1S/C18H30N2/c1-15(2)12-18-14-20(11-7-10-19-18)13-16(3)17-8-5-4-6-9-17/h4-6,8-9,15-16,18-19H,7,10-14H2,1-3H3. The Morgan fingerprint density at radius 1 is 1.20 bits per heavy atom. The van der Waals surface area contributed by atoms with Gasteiger partial charge in [-0.1, -0.05) is 51.1 Å². The molecule has 2 rings (SSSR count). The third-order valence-corrected chi connectivity index (χ3v) is 4.22. The van der Waals surface area contributed by atoms with Crippen LogP contribution in [0.15, 0.2) is 30.3 Å². The fourth-order valence-corrected chi connectivity index (χ4v) is 3.24. The number of nitrogens with one attached hydrogen (secondary N) is 1. The van der Waals surface area contributed by atoms with Crippen molar-refractivity contribution in [3.05, 3.63) is 35.9 Å². The molecule has 2 nitrogen and oxygen atoms in total. The maximum absolute atomic E-state index is 3.71. The third kappa shape index (κ3) is 4.92. The quantitative estimate of drug-likeness (QED) is 0.884. The lowest BCUT2D eigenvalue weighted by molar-refractivity contribution is 0.244. The highest BCUT2D eigenvalue weighted by Gasteiger charge is 2.20. The SMILES string of the molecule is CC(C)CC1CN(CC(C)c2ccccc2)CCCN1. The molecule has 0 aromatic heterocycles. The van der Waals surface area contributed by atoms with E-state index in [2.05, 4.69) is 61.3 Å². The predicted octanol–water partition coefficient (Wildman–Crippen LogP) is 3.50. The lowest BCUT2D eigenvalue weighted by Crippen LogP contribution is -2.39. The summed E-state index contributed by atoms with van der Waals surface area (Å²) in [6.45, 7) is 11.8. The molecule has 2 unspecified atom stereocenters. The van der Waals surface area contributed by atoms with Crippen molar-refractivity contribution in [3.8, 4) is 0 Å². The molecule has 0 radical (unpaired) electrons. The second-order valence-electron chi connectivity index (χ2n) is 6.71. The molecule has 1 heterocycles. The molecule has 2 heteroatoms. The van der Waals surface area contributed by atoms with Crippen LogP contribution in [0.3, 0.4) is 0 Å². The second-order valence-corrected chi connectivity index (χ2v) is 6.71. The Kier molecular flexibility index (Phi) is 6.06. The summed E-state index contributed by atoms with van der Waals surface area (Å²) in [4.78, 5) is 2.66. The Morgan fingerprint density at radius 3 is 2.65 bits per heavy atom. The first-order valence-corrected chi connectivity index (χ1v) is 8.16. The molecule has 1 aromatic carbocycles. The average molecular weight is 274 g/mol. The van der Waals surface area contributed by atoms with E-state index in [1.807, 2.05) is 0 Å². The van der Waals surface area contributed by atoms with Gasteiger partial charge in [0, 0.05) is 19.1 Å². The van der Waals surface area contributed by atoms with Crippen LogP contribution in [0.4, 0.5) is 0 Å². The molecule has 1 N–H and O–H groups in total. The molecule has 1 saturated heterocycles. The molecule has 1 fully saturated rings. The molecule has 0 aliphatic carbocycles. The van der Waals surface area contributed by atoms with Crippen LogP contribution in [0.25, 0.3) is 0 Å². The zero-order chi connectivity index (χ0) is 14.4. The Bertz CT molecular complexity index is 374. The van der Waals surface area contributed by atoms with Crippen LogP contribution in [0.2, 0.25) is 0 Å². The highest BCUT2D eigenvalue weighted by atomic mass is 15.2. The fraction of sp³-hybridized carbons (Fsp3) is 0.667. The topological polar surface area (TPSA) is 15.3 Å². The van der Waals surface area contributed by atoms with Gasteiger partial charge in [-0.2, -0.15) is 0 Å². The Morgan fingerprint density at radius 2 is 1.95 bits per heavy atom. The van der Waals surface area contributed by atoms with Crippen molar-refractivity contribution < 1.29 is 0 Å². The van der Waals surface area contributed by atoms with Crippen molar-refractivity contribution in [1.82, 2.24) is 10.2 Å². The largest absolute Gasteiger partial charge is 0.313 e. The molecule has 2 atom stereocenters. The van der Waals surface area contributed by atoms with Gasteiger partial charge in [-0.25, -0.2) is 0 Å². The van der Waals surface area contributed by atoms with E-state index in [1.165, 1.54) is 44.6 Å². The smallest absolute Gasteiger partial charge is 0.0197 e. The van der Waals surface area contributed by atoms with E-state index in [0.29, 0.717) is 12.0 Å². The summed E-state index contributed by atoms with van der Waals surface area (Å²) in [6, 6.07) is 11.6. The van der Waals surface area contributed by atoms with Gasteiger partial charge < -0.3 is 10.2 Å². The number of hydrogen-bond donors (Lipinski definition) is 1. The van der Waals surface area contributed by atoms with Gasteiger partial charge in [0.15, 0.2) is 0 Å². The summed E-state index contributed by atoms with van der Waals surface area (Å²) in [5, 5.41) is 3.71. The number of benzene rings is 1. The molecular weight excluding hydrogens is 244 g/mol. The molecule has 0 spiro atoms. The predicted molar refractivity (Wildman–Crippen MR) is 87.2 cm³/mol. The maximum atomic E-state index is 3.71. The van der Waals surface area contributed by atoms with Crippen molar-refractivity contribution in [2.45, 2.75) is 45.6 Å². The Hall–Kier alpha value is -0.860. The van der Waals surface area contributed by atoms with Gasteiger partial charge in [-0.15, -0.1) is 0 Å². The number of nitrogens with zero attached hydrogens (tertiary/aromatic N) is 1. The van der Waals surface area contributed by atoms with Crippen molar-refractivity contribution in [2.24, 2.45) is 5.92 Å². The summed E-state index contributed by atoms with van der Waals surface area (Å²) in [5.41, 5.74) is 1.46. The van der Waals surface area contributed by atoms with Crippen molar-refractivity contribution in [1.29, 1.82) is 0 Å². The molecular formula is C18H30N2. The minimum atomic E-state index is 0.619. The fourth-order valence-electron chi connectivity index (χ4n) is 3.24. The molecule has 20 heavy (non-hydrogen) atoms. The summed E-state index contributed by atoms with van der Waals surface area (Å²) < 4.78 is 0. The van der Waals surface area contributed by atoms with Crippen LogP contribution in [-0.4, -0.2) is 37.1 Å². The minimum absolute atomic E-state index is 0.619. The van der Waals surface area contributed by atoms with Gasteiger partial charge in [0.1, 0.15) is 0 Å². The van der Waals surface area contributed by atoms with Crippen LogP contribution in [0.1, 0.15) is 45.1 Å². The first-order valence-electron chi connectivity index (χ1n) is 8.16. The average Bonchev–Trinajstić information content (AvgIpc) is 2.64. The molecule has 1 aliphatic heterocycles. The third-order valence-electron chi connectivity index (χ3n) is 4.22. The zero-order valence-corrected chi connectivity index (χ0v) is 13.3. The monoisotopic (exact) mass is 274 g/mol. The van der Waals surface area contributed by atoms with Crippen molar-refractivity contribution >= 4 is 0 Å². The molecule has 1 aromatic rings. The highest BCUT2D eigenvalue weighted by Crippen LogP contribution is 2.18. The van der Waals surface area contributed by atoms with E-state index < -0.39 is 0 Å². The Labute approximate surface area is 124 Å². The van der Waals surface area contributed by atoms with Crippen molar-refractivity contribution in [2.75, 3.05) is 26.2 Å². The maximum Gasteiger partial charge on any atom is 0.0197 e. The molecule has 0 bridgehead atoms. The molecule has 0 saturated carbocycles. The Balaban J connectivity index is 1.90. The van der Waals surface area contributed by atoms with Gasteiger partial charge >= 0.3 is 0 Å². The summed E-state index contributed by atoms with van der Waals surface area (Å²) >= 11 is 0. The molecule has 0 amide bonds. The van der Waals surface area contributed by atoms with E-state index >= 15 is 0 Å². The van der Waals surface area contributed by atoms with Gasteiger partial charge in [0.05, 0.1) is 0 Å². The summed E-state index contributed by atoms with van der Waals surface area (Å²) in [7, 11) is 0. The lowest BCUT2D eigenvalue weighted by atomic mass is 9.99. The van der Waals surface area contributed by atoms with Crippen LogP contribution in [-0.2, 0) is 0 Å². The van der Waals surface area contributed by atoms with E-state index in [9.17, 15) is 0 Å². The highest BCUT2D eigenvalue weighted by molar-refractivity contribution is 5.19. The normalized spacial score (nSPS) is 22.7. The van der Waals surface area contributed by atoms with Gasteiger partial charge in [-0.05, 0) is 43.3 Å². The summed E-state index contributed by atoms with van der Waals surface area (Å²) in [5.74, 6) is 1.40. The molecule has 1 aliphatic rings. The summed E-state index contributed by atoms with van der Waals surface area (Å²) in [6.07, 6.45) is 2.56. The van der Waals surface area contributed by atoms with Gasteiger partial charge in [0.25, 0.3) is 0 Å². The van der Waals surface area contributed by atoms with Gasteiger partial charge in [-0.3, -0.25) is 0 Å². The van der Waals surface area contributed by atoms with Crippen LogP contribution >= 0.6 is 0 Å². The molecule has 112 valence electrons. The van der Waals surface area contributed by atoms with E-state index in [0.717, 1.165) is 5.92 Å².